The van der Waals surface area contributed by atoms with Gasteiger partial charge in [0.1, 0.15) is 5.75 Å². The second-order valence-electron chi connectivity index (χ2n) is 5.72. The van der Waals surface area contributed by atoms with Crippen LogP contribution in [0.1, 0.15) is 57.9 Å². The molecule has 0 amide bonds. The Kier molecular flexibility index (Phi) is 7.13. The van der Waals surface area contributed by atoms with Crippen molar-refractivity contribution in [1.82, 2.24) is 0 Å². The first-order chi connectivity index (χ1) is 9.50. The number of phenolic OH excluding ortho intramolecular Hbond substituents is 1. The third kappa shape index (κ3) is 6.09. The number of aromatic hydroxyl groups is 1. The van der Waals surface area contributed by atoms with Gasteiger partial charge in [-0.3, -0.25) is 4.79 Å². The molecule has 1 atom stereocenters. The van der Waals surface area contributed by atoms with Gasteiger partial charge in [0.15, 0.2) is 0 Å². The molecule has 1 aromatic rings. The smallest absolute Gasteiger partial charge is 0.313 e. The molecular formula is C17H26O3. The molecule has 3 nitrogen and oxygen atoms in total. The SMILES string of the molecule is CC(C)CCCCCOC(=O)C(C)c1ccc(O)cc1. The Labute approximate surface area is 122 Å². The van der Waals surface area contributed by atoms with Gasteiger partial charge in [0.2, 0.25) is 0 Å². The number of unbranched alkanes of at least 4 members (excludes halogenated alkanes) is 2. The maximum absolute atomic E-state index is 11.9. The van der Waals surface area contributed by atoms with Crippen LogP contribution < -0.4 is 0 Å². The van der Waals surface area contributed by atoms with E-state index in [0.29, 0.717) is 6.61 Å². The molecule has 0 heterocycles. The van der Waals surface area contributed by atoms with Gasteiger partial charge in [-0.1, -0.05) is 45.2 Å². The van der Waals surface area contributed by atoms with Crippen molar-refractivity contribution in [3.63, 3.8) is 0 Å². The summed E-state index contributed by atoms with van der Waals surface area (Å²) in [6.07, 6.45) is 4.47. The van der Waals surface area contributed by atoms with Crippen LogP contribution in [-0.2, 0) is 9.53 Å². The molecule has 1 unspecified atom stereocenters. The van der Waals surface area contributed by atoms with Crippen molar-refractivity contribution in [1.29, 1.82) is 0 Å². The number of carbonyl (C=O) groups is 1. The van der Waals surface area contributed by atoms with E-state index in [1.54, 1.807) is 24.3 Å². The van der Waals surface area contributed by atoms with Gasteiger partial charge < -0.3 is 9.84 Å². The van der Waals surface area contributed by atoms with Crippen molar-refractivity contribution >= 4 is 5.97 Å². The number of hydrogen-bond acceptors (Lipinski definition) is 3. The molecule has 20 heavy (non-hydrogen) atoms. The molecule has 0 aromatic heterocycles. The summed E-state index contributed by atoms with van der Waals surface area (Å²) in [4.78, 5) is 11.9. The average molecular weight is 278 g/mol. The molecule has 0 spiro atoms. The van der Waals surface area contributed by atoms with E-state index in [0.717, 1.165) is 24.3 Å². The van der Waals surface area contributed by atoms with Crippen molar-refractivity contribution in [2.24, 2.45) is 5.92 Å². The second-order valence-corrected chi connectivity index (χ2v) is 5.72. The Morgan fingerprint density at radius 2 is 1.75 bits per heavy atom. The van der Waals surface area contributed by atoms with Crippen LogP contribution in [0.4, 0.5) is 0 Å². The molecular weight excluding hydrogens is 252 g/mol. The van der Waals surface area contributed by atoms with E-state index in [1.807, 2.05) is 6.92 Å². The summed E-state index contributed by atoms with van der Waals surface area (Å²) in [6, 6.07) is 6.68. The quantitative estimate of drug-likeness (QED) is 0.571. The van der Waals surface area contributed by atoms with Gasteiger partial charge in [-0.25, -0.2) is 0 Å². The van der Waals surface area contributed by atoms with E-state index in [9.17, 15) is 9.90 Å². The lowest BCUT2D eigenvalue weighted by Gasteiger charge is -2.12. The zero-order valence-corrected chi connectivity index (χ0v) is 12.8. The van der Waals surface area contributed by atoms with Crippen LogP contribution in [0.5, 0.6) is 5.75 Å². The number of ether oxygens (including phenoxy) is 1. The topological polar surface area (TPSA) is 46.5 Å². The Morgan fingerprint density at radius 3 is 2.35 bits per heavy atom. The number of hydrogen-bond donors (Lipinski definition) is 1. The first-order valence-corrected chi connectivity index (χ1v) is 7.46. The number of phenols is 1. The molecule has 112 valence electrons. The Morgan fingerprint density at radius 1 is 1.10 bits per heavy atom. The van der Waals surface area contributed by atoms with Crippen LogP contribution >= 0.6 is 0 Å². The molecule has 0 fully saturated rings. The number of esters is 1. The first kappa shape index (κ1) is 16.5. The van der Waals surface area contributed by atoms with Crippen LogP contribution in [0.2, 0.25) is 0 Å². The van der Waals surface area contributed by atoms with E-state index >= 15 is 0 Å². The van der Waals surface area contributed by atoms with Gasteiger partial charge in [0.05, 0.1) is 12.5 Å². The first-order valence-electron chi connectivity index (χ1n) is 7.46. The molecule has 0 aliphatic carbocycles. The lowest BCUT2D eigenvalue weighted by Crippen LogP contribution is -2.13. The Hall–Kier alpha value is -1.51. The van der Waals surface area contributed by atoms with Gasteiger partial charge >= 0.3 is 5.97 Å². The van der Waals surface area contributed by atoms with Gasteiger partial charge in [0.25, 0.3) is 0 Å². The molecule has 1 N–H and O–H groups in total. The summed E-state index contributed by atoms with van der Waals surface area (Å²) in [7, 11) is 0. The monoisotopic (exact) mass is 278 g/mol. The predicted molar refractivity (Wildman–Crippen MR) is 80.8 cm³/mol. The molecule has 0 aliphatic rings. The highest BCUT2D eigenvalue weighted by atomic mass is 16.5. The summed E-state index contributed by atoms with van der Waals surface area (Å²) in [6.45, 7) is 6.77. The molecule has 3 heteroatoms. The predicted octanol–water partition coefficient (Wildman–Crippen LogP) is 4.26. The van der Waals surface area contributed by atoms with E-state index in [4.69, 9.17) is 4.74 Å². The maximum atomic E-state index is 11.9. The standard InChI is InChI=1S/C17H26O3/c1-13(2)7-5-4-6-12-20-17(19)14(3)15-8-10-16(18)11-9-15/h8-11,13-14,18H,4-7,12H2,1-3H3. The number of rotatable bonds is 8. The summed E-state index contributed by atoms with van der Waals surface area (Å²) in [5.41, 5.74) is 0.868. The maximum Gasteiger partial charge on any atom is 0.313 e. The van der Waals surface area contributed by atoms with Crippen molar-refractivity contribution in [2.75, 3.05) is 6.61 Å². The Balaban J connectivity index is 2.23. The van der Waals surface area contributed by atoms with Gasteiger partial charge in [-0.2, -0.15) is 0 Å². The van der Waals surface area contributed by atoms with Crippen molar-refractivity contribution in [3.8, 4) is 5.75 Å². The summed E-state index contributed by atoms with van der Waals surface area (Å²) in [5.74, 6) is 0.470. The zero-order valence-electron chi connectivity index (χ0n) is 12.8. The normalized spacial score (nSPS) is 12.4. The fraction of sp³-hybridized carbons (Fsp3) is 0.588. The minimum atomic E-state index is -0.286. The molecule has 0 saturated carbocycles. The third-order valence-corrected chi connectivity index (χ3v) is 3.42. The van der Waals surface area contributed by atoms with Gasteiger partial charge in [-0.05, 0) is 37.0 Å². The molecule has 0 radical (unpaired) electrons. The largest absolute Gasteiger partial charge is 0.508 e. The second kappa shape index (κ2) is 8.62. The average Bonchev–Trinajstić information content (AvgIpc) is 2.42. The third-order valence-electron chi connectivity index (χ3n) is 3.42. The lowest BCUT2D eigenvalue weighted by molar-refractivity contribution is -0.145. The minimum Gasteiger partial charge on any atom is -0.508 e. The van der Waals surface area contributed by atoms with E-state index in [1.165, 1.54) is 12.8 Å². The van der Waals surface area contributed by atoms with Gasteiger partial charge in [-0.15, -0.1) is 0 Å². The van der Waals surface area contributed by atoms with Crippen LogP contribution in [0.25, 0.3) is 0 Å². The van der Waals surface area contributed by atoms with E-state index < -0.39 is 0 Å². The molecule has 0 saturated heterocycles. The highest BCUT2D eigenvalue weighted by Gasteiger charge is 2.16. The fourth-order valence-electron chi connectivity index (χ4n) is 2.03. The molecule has 1 aromatic carbocycles. The highest BCUT2D eigenvalue weighted by molar-refractivity contribution is 5.77. The van der Waals surface area contributed by atoms with E-state index in [-0.39, 0.29) is 17.6 Å². The van der Waals surface area contributed by atoms with Crippen LogP contribution in [-0.4, -0.2) is 17.7 Å². The van der Waals surface area contributed by atoms with Crippen molar-refractivity contribution in [3.05, 3.63) is 29.8 Å². The fourth-order valence-corrected chi connectivity index (χ4v) is 2.03. The highest BCUT2D eigenvalue weighted by Crippen LogP contribution is 2.19. The summed E-state index contributed by atoms with van der Waals surface area (Å²) < 4.78 is 5.29. The van der Waals surface area contributed by atoms with E-state index in [2.05, 4.69) is 13.8 Å². The molecule has 0 bridgehead atoms. The van der Waals surface area contributed by atoms with Crippen LogP contribution in [0.3, 0.4) is 0 Å². The number of benzene rings is 1. The number of carbonyl (C=O) groups excluding carboxylic acids is 1. The van der Waals surface area contributed by atoms with Crippen LogP contribution in [0.15, 0.2) is 24.3 Å². The lowest BCUT2D eigenvalue weighted by atomic mass is 10.0. The van der Waals surface area contributed by atoms with Crippen molar-refractivity contribution < 1.29 is 14.6 Å². The van der Waals surface area contributed by atoms with Crippen molar-refractivity contribution in [2.45, 2.75) is 52.4 Å². The molecule has 0 aliphatic heterocycles. The minimum absolute atomic E-state index is 0.195. The van der Waals surface area contributed by atoms with Crippen LogP contribution in [0, 0.1) is 5.92 Å². The van der Waals surface area contributed by atoms with Gasteiger partial charge in [0, 0.05) is 0 Å². The summed E-state index contributed by atoms with van der Waals surface area (Å²) >= 11 is 0. The molecule has 1 rings (SSSR count). The zero-order chi connectivity index (χ0) is 15.0. The Bertz CT molecular complexity index is 395. The summed E-state index contributed by atoms with van der Waals surface area (Å²) in [5, 5.41) is 9.22.